The number of urea groups is 1. The zero-order valence-corrected chi connectivity index (χ0v) is 16.5. The maximum absolute atomic E-state index is 12.9. The highest BCUT2D eigenvalue weighted by Crippen LogP contribution is 2.37. The summed E-state index contributed by atoms with van der Waals surface area (Å²) in [6.07, 6.45) is 1.87. The lowest BCUT2D eigenvalue weighted by atomic mass is 10.2. The van der Waals surface area contributed by atoms with Crippen LogP contribution in [-0.2, 0) is 4.79 Å². The number of nitrogens with zero attached hydrogens (tertiary/aromatic N) is 2. The lowest BCUT2D eigenvalue weighted by molar-refractivity contribution is -0.119. The highest BCUT2D eigenvalue weighted by molar-refractivity contribution is 8.00. The normalized spacial score (nSPS) is 15.0. The van der Waals surface area contributed by atoms with E-state index in [1.165, 1.54) is 11.8 Å². The number of imide groups is 1. The molecule has 0 saturated heterocycles. The van der Waals surface area contributed by atoms with Crippen molar-refractivity contribution in [3.8, 4) is 0 Å². The highest BCUT2D eigenvalue weighted by atomic mass is 32.2. The van der Waals surface area contributed by atoms with Crippen LogP contribution in [0.4, 0.5) is 4.79 Å². The third kappa shape index (κ3) is 4.68. The quantitative estimate of drug-likeness (QED) is 0.586. The van der Waals surface area contributed by atoms with Gasteiger partial charge in [-0.25, -0.2) is 9.78 Å². The molecule has 144 valence electrons. The first-order valence-electron chi connectivity index (χ1n) is 9.13. The molecule has 3 amide bonds. The minimum atomic E-state index is -0.562. The van der Waals surface area contributed by atoms with Crippen LogP contribution in [0.1, 0.15) is 39.7 Å². The molecule has 1 fully saturated rings. The minimum absolute atomic E-state index is 0.0760. The lowest BCUT2D eigenvalue weighted by Crippen LogP contribution is -2.43. The van der Waals surface area contributed by atoms with Crippen molar-refractivity contribution in [3.63, 3.8) is 0 Å². The number of carbonyl (C=O) groups excluding carboxylic acids is 2. The van der Waals surface area contributed by atoms with Crippen LogP contribution in [0.5, 0.6) is 0 Å². The molecule has 1 heterocycles. The number of hydrogen-bond donors (Lipinski definition) is 2. The fraction of sp³-hybridized carbons (Fsp3) is 0.474. The van der Waals surface area contributed by atoms with Crippen LogP contribution in [0.25, 0.3) is 10.9 Å². The van der Waals surface area contributed by atoms with Crippen molar-refractivity contribution < 1.29 is 9.59 Å². The van der Waals surface area contributed by atoms with Crippen LogP contribution in [0.15, 0.2) is 34.2 Å². The van der Waals surface area contributed by atoms with Crippen LogP contribution >= 0.6 is 11.8 Å². The predicted octanol–water partition coefficient (Wildman–Crippen LogP) is 2.69. The van der Waals surface area contributed by atoms with Gasteiger partial charge in [-0.05, 0) is 37.8 Å². The van der Waals surface area contributed by atoms with Gasteiger partial charge in [0.2, 0.25) is 5.91 Å². The van der Waals surface area contributed by atoms with Gasteiger partial charge in [0.1, 0.15) is 0 Å². The second-order valence-electron chi connectivity index (χ2n) is 7.17. The number of aromatic nitrogens is 2. The van der Waals surface area contributed by atoms with E-state index in [4.69, 9.17) is 0 Å². The Morgan fingerprint density at radius 3 is 2.63 bits per heavy atom. The maximum atomic E-state index is 12.9. The Bertz CT molecular complexity index is 921. The van der Waals surface area contributed by atoms with Gasteiger partial charge in [0.05, 0.1) is 16.2 Å². The Kier molecular flexibility index (Phi) is 5.84. The molecule has 2 aromatic rings. The Balaban J connectivity index is 1.77. The van der Waals surface area contributed by atoms with E-state index in [1.807, 2.05) is 26.0 Å². The number of para-hydroxylation sites is 1. The molecule has 0 spiro atoms. The summed E-state index contributed by atoms with van der Waals surface area (Å²) in [7, 11) is 0. The van der Waals surface area contributed by atoms with E-state index in [1.54, 1.807) is 23.6 Å². The number of hydrogen-bond acceptors (Lipinski definition) is 5. The van der Waals surface area contributed by atoms with Gasteiger partial charge in [-0.1, -0.05) is 37.7 Å². The largest absolute Gasteiger partial charge is 0.338 e. The summed E-state index contributed by atoms with van der Waals surface area (Å²) in [5.41, 5.74) is 0.539. The first kappa shape index (κ1) is 19.4. The van der Waals surface area contributed by atoms with Gasteiger partial charge in [0.25, 0.3) is 5.56 Å². The summed E-state index contributed by atoms with van der Waals surface area (Å²) in [5.74, 6) is -0.113. The molecule has 1 saturated carbocycles. The highest BCUT2D eigenvalue weighted by Gasteiger charge is 2.30. The monoisotopic (exact) mass is 388 g/mol. The number of amides is 3. The van der Waals surface area contributed by atoms with Gasteiger partial charge in [-0.3, -0.25) is 19.5 Å². The average Bonchev–Trinajstić information content (AvgIpc) is 3.45. The van der Waals surface area contributed by atoms with Crippen molar-refractivity contribution in [2.45, 2.75) is 50.1 Å². The van der Waals surface area contributed by atoms with E-state index >= 15 is 0 Å². The number of rotatable bonds is 6. The van der Waals surface area contributed by atoms with E-state index in [9.17, 15) is 14.4 Å². The molecule has 0 bridgehead atoms. The van der Waals surface area contributed by atoms with Crippen molar-refractivity contribution in [1.29, 1.82) is 0 Å². The zero-order valence-electron chi connectivity index (χ0n) is 15.7. The second-order valence-corrected chi connectivity index (χ2v) is 8.48. The molecule has 27 heavy (non-hydrogen) atoms. The molecule has 2 N–H and O–H groups in total. The summed E-state index contributed by atoms with van der Waals surface area (Å²) < 4.78 is 1.69. The molecule has 1 aliphatic carbocycles. The standard InChI is InChI=1S/C19H24N4O3S/c1-11(2)10-20-18(26)22-16(24)12(3)27-19-21-15-7-5-4-6-14(15)17(25)23(19)13-8-9-13/h4-7,11-13H,8-10H2,1-3H3,(H2,20,22,24,26)/t12-/m1/s1. The number of carbonyl (C=O) groups is 2. The van der Waals surface area contributed by atoms with Crippen molar-refractivity contribution in [2.75, 3.05) is 6.54 Å². The third-order valence-electron chi connectivity index (χ3n) is 4.25. The number of benzene rings is 1. The lowest BCUT2D eigenvalue weighted by Gasteiger charge is -2.16. The van der Waals surface area contributed by atoms with Gasteiger partial charge in [-0.15, -0.1) is 0 Å². The molecule has 1 aromatic carbocycles. The molecule has 0 radical (unpaired) electrons. The average molecular weight is 388 g/mol. The Labute approximate surface area is 161 Å². The molecule has 0 unspecified atom stereocenters. The van der Waals surface area contributed by atoms with Crippen LogP contribution in [0.3, 0.4) is 0 Å². The van der Waals surface area contributed by atoms with Gasteiger partial charge < -0.3 is 5.32 Å². The van der Waals surface area contributed by atoms with Crippen LogP contribution in [-0.4, -0.2) is 33.3 Å². The van der Waals surface area contributed by atoms with Gasteiger partial charge in [-0.2, -0.15) is 0 Å². The first-order chi connectivity index (χ1) is 12.9. The molecule has 8 heteroatoms. The van der Waals surface area contributed by atoms with Gasteiger partial charge >= 0.3 is 6.03 Å². The number of thioether (sulfide) groups is 1. The van der Waals surface area contributed by atoms with E-state index in [2.05, 4.69) is 15.6 Å². The van der Waals surface area contributed by atoms with Crippen molar-refractivity contribution >= 4 is 34.6 Å². The Morgan fingerprint density at radius 2 is 1.96 bits per heavy atom. The molecule has 1 atom stereocenters. The van der Waals surface area contributed by atoms with Crippen molar-refractivity contribution in [3.05, 3.63) is 34.6 Å². The molecule has 0 aliphatic heterocycles. The van der Waals surface area contributed by atoms with E-state index in [0.717, 1.165) is 12.8 Å². The topological polar surface area (TPSA) is 93.1 Å². The summed E-state index contributed by atoms with van der Waals surface area (Å²) >= 11 is 1.20. The first-order valence-corrected chi connectivity index (χ1v) is 10.0. The number of fused-ring (bicyclic) bond motifs is 1. The minimum Gasteiger partial charge on any atom is -0.338 e. The fourth-order valence-electron chi connectivity index (χ4n) is 2.63. The molecular formula is C19H24N4O3S. The van der Waals surface area contributed by atoms with Crippen molar-refractivity contribution in [1.82, 2.24) is 20.2 Å². The SMILES string of the molecule is CC(C)CNC(=O)NC(=O)[C@@H](C)Sc1nc2ccccc2c(=O)n1C1CC1. The van der Waals surface area contributed by atoms with Crippen LogP contribution in [0.2, 0.25) is 0 Å². The molecule has 1 aromatic heterocycles. The summed E-state index contributed by atoms with van der Waals surface area (Å²) in [5, 5.41) is 5.54. The fourth-order valence-corrected chi connectivity index (χ4v) is 3.61. The van der Waals surface area contributed by atoms with E-state index in [-0.39, 0.29) is 11.6 Å². The predicted molar refractivity (Wildman–Crippen MR) is 106 cm³/mol. The maximum Gasteiger partial charge on any atom is 0.321 e. The summed E-state index contributed by atoms with van der Waals surface area (Å²) in [4.78, 5) is 41.6. The van der Waals surface area contributed by atoms with Crippen LogP contribution in [0, 0.1) is 5.92 Å². The molecular weight excluding hydrogens is 364 g/mol. The van der Waals surface area contributed by atoms with E-state index < -0.39 is 17.2 Å². The smallest absolute Gasteiger partial charge is 0.321 e. The van der Waals surface area contributed by atoms with Gasteiger partial charge in [0, 0.05) is 12.6 Å². The Morgan fingerprint density at radius 1 is 1.26 bits per heavy atom. The second kappa shape index (κ2) is 8.12. The van der Waals surface area contributed by atoms with E-state index in [0.29, 0.717) is 28.5 Å². The molecule has 7 nitrogen and oxygen atoms in total. The summed E-state index contributed by atoms with van der Waals surface area (Å²) in [6.45, 7) is 6.15. The Hall–Kier alpha value is -2.35. The molecule has 3 rings (SSSR count). The summed E-state index contributed by atoms with van der Waals surface area (Å²) in [6, 6.07) is 6.85. The van der Waals surface area contributed by atoms with Gasteiger partial charge in [0.15, 0.2) is 5.16 Å². The molecule has 1 aliphatic rings. The third-order valence-corrected chi connectivity index (χ3v) is 5.31. The van der Waals surface area contributed by atoms with Crippen molar-refractivity contribution in [2.24, 2.45) is 5.92 Å². The number of nitrogens with one attached hydrogen (secondary N) is 2. The zero-order chi connectivity index (χ0) is 19.6. The van der Waals surface area contributed by atoms with Crippen LogP contribution < -0.4 is 16.2 Å².